The van der Waals surface area contributed by atoms with Crippen molar-refractivity contribution >= 4 is 12.0 Å². The van der Waals surface area contributed by atoms with E-state index < -0.39 is 12.0 Å². The summed E-state index contributed by atoms with van der Waals surface area (Å²) in [7, 11) is 2.89. The Morgan fingerprint density at radius 1 is 1.64 bits per heavy atom. The van der Waals surface area contributed by atoms with Crippen LogP contribution in [0.15, 0.2) is 12.5 Å². The molecule has 7 nitrogen and oxygen atoms in total. The zero-order chi connectivity index (χ0) is 10.7. The largest absolute Gasteiger partial charge is 0.476 e. The monoisotopic (exact) mass is 198 g/mol. The van der Waals surface area contributed by atoms with Crippen LogP contribution < -0.4 is 10.3 Å². The standard InChI is InChI=1S/C7H10N4O3/c1-8-7(14)10(2)11-4-9-3-5(11)6(12)13/h3-4H,1-2H3,(H,8,14)(H,12,13). The third-order valence-corrected chi connectivity index (χ3v) is 1.67. The van der Waals surface area contributed by atoms with Crippen LogP contribution in [0.2, 0.25) is 0 Å². The summed E-state index contributed by atoms with van der Waals surface area (Å²) in [6.45, 7) is 0. The first-order valence-corrected chi connectivity index (χ1v) is 3.79. The molecule has 2 amide bonds. The summed E-state index contributed by atoms with van der Waals surface area (Å²) in [6, 6.07) is -0.425. The van der Waals surface area contributed by atoms with E-state index in [2.05, 4.69) is 10.3 Å². The fraction of sp³-hybridized carbons (Fsp3) is 0.286. The minimum atomic E-state index is -1.14. The molecular weight excluding hydrogens is 188 g/mol. The second kappa shape index (κ2) is 3.77. The Labute approximate surface area is 79.9 Å². The Kier molecular flexibility index (Phi) is 2.70. The van der Waals surface area contributed by atoms with E-state index in [0.717, 1.165) is 9.69 Å². The van der Waals surface area contributed by atoms with Gasteiger partial charge in [-0.05, 0) is 0 Å². The van der Waals surface area contributed by atoms with Gasteiger partial charge in [0.25, 0.3) is 0 Å². The van der Waals surface area contributed by atoms with Gasteiger partial charge >= 0.3 is 12.0 Å². The summed E-state index contributed by atoms with van der Waals surface area (Å²) in [4.78, 5) is 25.5. The van der Waals surface area contributed by atoms with Gasteiger partial charge in [-0.3, -0.25) is 0 Å². The van der Waals surface area contributed by atoms with Gasteiger partial charge in [-0.25, -0.2) is 24.3 Å². The highest BCUT2D eigenvalue weighted by atomic mass is 16.4. The molecule has 0 saturated carbocycles. The second-order valence-corrected chi connectivity index (χ2v) is 2.51. The van der Waals surface area contributed by atoms with Gasteiger partial charge in [0.1, 0.15) is 6.33 Å². The van der Waals surface area contributed by atoms with Crippen molar-refractivity contribution in [2.24, 2.45) is 0 Å². The first-order chi connectivity index (χ1) is 6.57. The predicted molar refractivity (Wildman–Crippen MR) is 47.8 cm³/mol. The normalized spacial score (nSPS) is 9.57. The number of urea groups is 1. The van der Waals surface area contributed by atoms with Crippen molar-refractivity contribution in [3.8, 4) is 0 Å². The number of imidazole rings is 1. The number of nitrogens with zero attached hydrogens (tertiary/aromatic N) is 3. The summed E-state index contributed by atoms with van der Waals surface area (Å²) < 4.78 is 1.14. The van der Waals surface area contributed by atoms with Crippen LogP contribution in [0.25, 0.3) is 0 Å². The van der Waals surface area contributed by atoms with Crippen molar-refractivity contribution < 1.29 is 14.7 Å². The average Bonchev–Trinajstić information content (AvgIpc) is 2.63. The molecule has 1 aromatic rings. The topological polar surface area (TPSA) is 87.5 Å². The Hall–Kier alpha value is -2.05. The smallest absolute Gasteiger partial charge is 0.356 e. The van der Waals surface area contributed by atoms with Crippen molar-refractivity contribution in [3.05, 3.63) is 18.2 Å². The van der Waals surface area contributed by atoms with E-state index in [0.29, 0.717) is 0 Å². The van der Waals surface area contributed by atoms with E-state index in [9.17, 15) is 9.59 Å². The maximum Gasteiger partial charge on any atom is 0.356 e. The van der Waals surface area contributed by atoms with Crippen molar-refractivity contribution in [3.63, 3.8) is 0 Å². The molecule has 2 N–H and O–H groups in total. The van der Waals surface area contributed by atoms with E-state index in [1.165, 1.54) is 26.6 Å². The molecule has 76 valence electrons. The predicted octanol–water partition coefficient (Wildman–Crippen LogP) is -0.512. The molecule has 0 fully saturated rings. The number of aromatic carboxylic acids is 1. The molecule has 14 heavy (non-hydrogen) atoms. The van der Waals surface area contributed by atoms with Gasteiger partial charge in [0.2, 0.25) is 0 Å². The van der Waals surface area contributed by atoms with Crippen molar-refractivity contribution in [2.75, 3.05) is 19.1 Å². The van der Waals surface area contributed by atoms with Crippen LogP contribution in [0.5, 0.6) is 0 Å². The molecule has 1 heterocycles. The maximum absolute atomic E-state index is 11.2. The molecular formula is C7H10N4O3. The van der Waals surface area contributed by atoms with Crippen LogP contribution in [-0.2, 0) is 0 Å². The van der Waals surface area contributed by atoms with Crippen molar-refractivity contribution in [1.82, 2.24) is 15.0 Å². The molecule has 0 radical (unpaired) electrons. The molecule has 0 atom stereocenters. The van der Waals surface area contributed by atoms with Crippen molar-refractivity contribution in [2.45, 2.75) is 0 Å². The molecule has 0 aromatic carbocycles. The van der Waals surface area contributed by atoms with E-state index in [1.54, 1.807) is 0 Å². The van der Waals surface area contributed by atoms with E-state index in [-0.39, 0.29) is 5.69 Å². The molecule has 1 aromatic heterocycles. The van der Waals surface area contributed by atoms with Crippen LogP contribution >= 0.6 is 0 Å². The van der Waals surface area contributed by atoms with Gasteiger partial charge in [0, 0.05) is 14.1 Å². The van der Waals surface area contributed by atoms with E-state index in [1.807, 2.05) is 0 Å². The maximum atomic E-state index is 11.2. The average molecular weight is 198 g/mol. The molecule has 0 unspecified atom stereocenters. The summed E-state index contributed by atoms with van der Waals surface area (Å²) >= 11 is 0. The molecule has 1 rings (SSSR count). The molecule has 0 spiro atoms. The quantitative estimate of drug-likeness (QED) is 0.669. The van der Waals surface area contributed by atoms with Crippen LogP contribution in [0, 0.1) is 0 Å². The Bertz CT molecular complexity index is 360. The SMILES string of the molecule is CNC(=O)N(C)n1cncc1C(=O)O. The summed E-state index contributed by atoms with van der Waals surface area (Å²) in [5, 5.41) is 12.2. The summed E-state index contributed by atoms with van der Waals surface area (Å²) in [5.74, 6) is -1.14. The number of amides is 2. The number of carboxylic acid groups (broad SMARTS) is 1. The molecule has 0 aliphatic heterocycles. The minimum Gasteiger partial charge on any atom is -0.476 e. The zero-order valence-electron chi connectivity index (χ0n) is 7.76. The number of carboxylic acids is 1. The summed E-state index contributed by atoms with van der Waals surface area (Å²) in [6.07, 6.45) is 2.42. The van der Waals surface area contributed by atoms with Crippen LogP contribution in [0.1, 0.15) is 10.5 Å². The fourth-order valence-electron chi connectivity index (χ4n) is 0.940. The number of hydrogen-bond donors (Lipinski definition) is 2. The van der Waals surface area contributed by atoms with Gasteiger partial charge in [0.05, 0.1) is 6.20 Å². The van der Waals surface area contributed by atoms with Crippen molar-refractivity contribution in [1.29, 1.82) is 0 Å². The molecule has 7 heteroatoms. The third kappa shape index (κ3) is 1.65. The van der Waals surface area contributed by atoms with Gasteiger partial charge in [-0.2, -0.15) is 0 Å². The van der Waals surface area contributed by atoms with Gasteiger partial charge in [-0.1, -0.05) is 0 Å². The lowest BCUT2D eigenvalue weighted by Crippen LogP contribution is -2.43. The molecule has 0 aliphatic carbocycles. The number of carbonyl (C=O) groups excluding carboxylic acids is 1. The molecule has 0 bridgehead atoms. The minimum absolute atomic E-state index is 0.0731. The molecule has 0 aliphatic rings. The number of nitrogens with one attached hydrogen (secondary N) is 1. The fourth-order valence-corrected chi connectivity index (χ4v) is 0.940. The first kappa shape index (κ1) is 10.0. The second-order valence-electron chi connectivity index (χ2n) is 2.51. The summed E-state index contributed by atoms with van der Waals surface area (Å²) in [5.41, 5.74) is -0.0731. The highest BCUT2D eigenvalue weighted by molar-refractivity contribution is 5.88. The lowest BCUT2D eigenvalue weighted by Gasteiger charge is -2.18. The Balaban J connectivity index is 3.00. The van der Waals surface area contributed by atoms with E-state index >= 15 is 0 Å². The highest BCUT2D eigenvalue weighted by Gasteiger charge is 2.16. The lowest BCUT2D eigenvalue weighted by molar-refractivity contribution is 0.0685. The number of carbonyl (C=O) groups is 2. The Morgan fingerprint density at radius 2 is 2.29 bits per heavy atom. The zero-order valence-corrected chi connectivity index (χ0v) is 7.76. The first-order valence-electron chi connectivity index (χ1n) is 3.79. The number of aromatic nitrogens is 2. The van der Waals surface area contributed by atoms with Gasteiger partial charge in [-0.15, -0.1) is 0 Å². The Morgan fingerprint density at radius 3 is 2.79 bits per heavy atom. The van der Waals surface area contributed by atoms with Crippen LogP contribution in [0.3, 0.4) is 0 Å². The lowest BCUT2D eigenvalue weighted by atomic mass is 10.5. The van der Waals surface area contributed by atoms with Crippen LogP contribution in [0.4, 0.5) is 4.79 Å². The third-order valence-electron chi connectivity index (χ3n) is 1.67. The van der Waals surface area contributed by atoms with E-state index in [4.69, 9.17) is 5.11 Å². The number of hydrogen-bond acceptors (Lipinski definition) is 3. The highest BCUT2D eigenvalue weighted by Crippen LogP contribution is 1.99. The van der Waals surface area contributed by atoms with Gasteiger partial charge in [0.15, 0.2) is 5.69 Å². The van der Waals surface area contributed by atoms with Crippen LogP contribution in [-0.4, -0.2) is 40.9 Å². The number of rotatable bonds is 2. The molecule has 0 saturated heterocycles. The van der Waals surface area contributed by atoms with Gasteiger partial charge < -0.3 is 10.4 Å².